The maximum absolute atomic E-state index is 11.7. The highest BCUT2D eigenvalue weighted by atomic mass is 16.6. The van der Waals surface area contributed by atoms with Crippen LogP contribution in [0.3, 0.4) is 0 Å². The fourth-order valence-electron chi connectivity index (χ4n) is 1.90. The molecule has 0 heterocycles. The van der Waals surface area contributed by atoms with Crippen molar-refractivity contribution in [3.63, 3.8) is 0 Å². The van der Waals surface area contributed by atoms with Gasteiger partial charge in [-0.25, -0.2) is 0 Å². The third kappa shape index (κ3) is 4.87. The minimum absolute atomic E-state index is 0.00561. The molecule has 20 heavy (non-hydrogen) atoms. The predicted molar refractivity (Wildman–Crippen MR) is 78.7 cm³/mol. The second-order valence-electron chi connectivity index (χ2n) is 4.68. The Labute approximate surface area is 118 Å². The smallest absolute Gasteiger partial charge is 0.292 e. The maximum Gasteiger partial charge on any atom is 0.292 e. The summed E-state index contributed by atoms with van der Waals surface area (Å²) in [7, 11) is 0. The van der Waals surface area contributed by atoms with Gasteiger partial charge in [0, 0.05) is 25.1 Å². The van der Waals surface area contributed by atoms with Crippen LogP contribution < -0.4 is 10.6 Å². The van der Waals surface area contributed by atoms with Gasteiger partial charge in [0.1, 0.15) is 5.69 Å². The third-order valence-corrected chi connectivity index (χ3v) is 3.01. The summed E-state index contributed by atoms with van der Waals surface area (Å²) in [5.41, 5.74) is 0.506. The zero-order valence-electron chi connectivity index (χ0n) is 11.9. The van der Waals surface area contributed by atoms with Gasteiger partial charge in [0.25, 0.3) is 5.69 Å². The Kier molecular flexibility index (Phi) is 6.49. The van der Waals surface area contributed by atoms with E-state index in [-0.39, 0.29) is 17.5 Å². The van der Waals surface area contributed by atoms with Gasteiger partial charge in [0.15, 0.2) is 0 Å². The van der Waals surface area contributed by atoms with Crippen LogP contribution >= 0.6 is 0 Å². The molecule has 6 nitrogen and oxygen atoms in total. The minimum atomic E-state index is -0.426. The Morgan fingerprint density at radius 1 is 1.35 bits per heavy atom. The molecule has 6 heteroatoms. The van der Waals surface area contributed by atoms with Gasteiger partial charge in [0.2, 0.25) is 5.91 Å². The molecule has 1 aromatic rings. The first-order valence-electron chi connectivity index (χ1n) is 6.81. The van der Waals surface area contributed by atoms with Crippen LogP contribution in [0.2, 0.25) is 0 Å². The highest BCUT2D eigenvalue weighted by molar-refractivity contribution is 5.78. The van der Waals surface area contributed by atoms with E-state index in [1.807, 2.05) is 13.8 Å². The van der Waals surface area contributed by atoms with Gasteiger partial charge in [-0.1, -0.05) is 32.4 Å². The van der Waals surface area contributed by atoms with Crippen LogP contribution in [0.5, 0.6) is 0 Å². The predicted octanol–water partition coefficient (Wildman–Crippen LogP) is 2.56. The molecule has 1 unspecified atom stereocenters. The fourth-order valence-corrected chi connectivity index (χ4v) is 1.90. The Morgan fingerprint density at radius 2 is 2.05 bits per heavy atom. The SMILES string of the molecule is CCCC(C)C(=O)NCCNc1ccccc1[N+](=O)[O-]. The summed E-state index contributed by atoms with van der Waals surface area (Å²) < 4.78 is 0. The van der Waals surface area contributed by atoms with Gasteiger partial charge in [-0.15, -0.1) is 0 Å². The number of benzene rings is 1. The number of nitro benzene ring substituents is 1. The van der Waals surface area contributed by atoms with Crippen LogP contribution in [0.1, 0.15) is 26.7 Å². The molecule has 0 aliphatic rings. The average molecular weight is 279 g/mol. The van der Waals surface area contributed by atoms with Crippen LogP contribution in [-0.4, -0.2) is 23.9 Å². The van der Waals surface area contributed by atoms with Crippen molar-refractivity contribution in [2.24, 2.45) is 5.92 Å². The lowest BCUT2D eigenvalue weighted by Gasteiger charge is -2.12. The number of nitro groups is 1. The zero-order chi connectivity index (χ0) is 15.0. The lowest BCUT2D eigenvalue weighted by Crippen LogP contribution is -2.33. The quantitative estimate of drug-likeness (QED) is 0.435. The summed E-state index contributed by atoms with van der Waals surface area (Å²) in [6.45, 7) is 4.84. The van der Waals surface area contributed by atoms with Crippen LogP contribution in [0.4, 0.5) is 11.4 Å². The third-order valence-electron chi connectivity index (χ3n) is 3.01. The number of carbonyl (C=O) groups is 1. The van der Waals surface area contributed by atoms with Crippen LogP contribution in [0, 0.1) is 16.0 Å². The summed E-state index contributed by atoms with van der Waals surface area (Å²) in [6.07, 6.45) is 1.84. The molecule has 2 N–H and O–H groups in total. The van der Waals surface area contributed by atoms with Crippen LogP contribution in [0.15, 0.2) is 24.3 Å². The number of para-hydroxylation sites is 2. The highest BCUT2D eigenvalue weighted by Gasteiger charge is 2.12. The van der Waals surface area contributed by atoms with Crippen molar-refractivity contribution < 1.29 is 9.72 Å². The van der Waals surface area contributed by atoms with Gasteiger partial charge in [0.05, 0.1) is 4.92 Å². The second-order valence-corrected chi connectivity index (χ2v) is 4.68. The molecule has 0 aliphatic carbocycles. The lowest BCUT2D eigenvalue weighted by atomic mass is 10.1. The Morgan fingerprint density at radius 3 is 2.70 bits per heavy atom. The van der Waals surface area contributed by atoms with Crippen molar-refractivity contribution in [3.8, 4) is 0 Å². The number of hydrogen-bond acceptors (Lipinski definition) is 4. The largest absolute Gasteiger partial charge is 0.378 e. The van der Waals surface area contributed by atoms with Crippen molar-refractivity contribution in [1.82, 2.24) is 5.32 Å². The van der Waals surface area contributed by atoms with Gasteiger partial charge < -0.3 is 10.6 Å². The van der Waals surface area contributed by atoms with E-state index in [1.165, 1.54) is 6.07 Å². The fraction of sp³-hybridized carbons (Fsp3) is 0.500. The molecule has 110 valence electrons. The molecule has 0 saturated carbocycles. The van der Waals surface area contributed by atoms with E-state index in [1.54, 1.807) is 18.2 Å². The van der Waals surface area contributed by atoms with Gasteiger partial charge >= 0.3 is 0 Å². The number of nitrogens with zero attached hydrogens (tertiary/aromatic N) is 1. The highest BCUT2D eigenvalue weighted by Crippen LogP contribution is 2.22. The van der Waals surface area contributed by atoms with E-state index in [4.69, 9.17) is 0 Å². The van der Waals surface area contributed by atoms with Crippen molar-refractivity contribution in [2.45, 2.75) is 26.7 Å². The molecule has 0 fully saturated rings. The molecule has 0 bridgehead atoms. The zero-order valence-corrected chi connectivity index (χ0v) is 11.9. The van der Waals surface area contributed by atoms with Gasteiger partial charge in [-0.3, -0.25) is 14.9 Å². The molecule has 0 spiro atoms. The van der Waals surface area contributed by atoms with E-state index in [9.17, 15) is 14.9 Å². The average Bonchev–Trinajstić information content (AvgIpc) is 2.43. The number of nitrogens with one attached hydrogen (secondary N) is 2. The maximum atomic E-state index is 11.7. The summed E-state index contributed by atoms with van der Waals surface area (Å²) in [5.74, 6) is 0.0299. The lowest BCUT2D eigenvalue weighted by molar-refractivity contribution is -0.384. The standard InChI is InChI=1S/C14H21N3O3/c1-3-6-11(2)14(18)16-10-9-15-12-7-4-5-8-13(12)17(19)20/h4-5,7-8,11,15H,3,6,9-10H2,1-2H3,(H,16,18). The number of hydrogen-bond donors (Lipinski definition) is 2. The molecule has 0 aromatic heterocycles. The van der Waals surface area contributed by atoms with Crippen molar-refractivity contribution in [1.29, 1.82) is 0 Å². The van der Waals surface area contributed by atoms with E-state index in [0.29, 0.717) is 18.8 Å². The van der Waals surface area contributed by atoms with E-state index in [0.717, 1.165) is 12.8 Å². The van der Waals surface area contributed by atoms with Crippen LogP contribution in [0.25, 0.3) is 0 Å². The molecule has 0 saturated heterocycles. The van der Waals surface area contributed by atoms with E-state index in [2.05, 4.69) is 10.6 Å². The first kappa shape index (κ1) is 15.9. The van der Waals surface area contributed by atoms with E-state index >= 15 is 0 Å². The summed E-state index contributed by atoms with van der Waals surface area (Å²) in [4.78, 5) is 22.1. The molecule has 1 rings (SSSR count). The van der Waals surface area contributed by atoms with Crippen molar-refractivity contribution in [2.75, 3.05) is 18.4 Å². The van der Waals surface area contributed by atoms with Crippen LogP contribution in [-0.2, 0) is 4.79 Å². The summed E-state index contributed by atoms with van der Waals surface area (Å²) >= 11 is 0. The Balaban J connectivity index is 2.38. The number of amides is 1. The first-order chi connectivity index (χ1) is 9.56. The molecule has 1 aromatic carbocycles. The number of rotatable bonds is 8. The normalized spacial score (nSPS) is 11.7. The number of anilines is 1. The first-order valence-corrected chi connectivity index (χ1v) is 6.81. The van der Waals surface area contributed by atoms with Gasteiger partial charge in [-0.2, -0.15) is 0 Å². The molecular formula is C14H21N3O3. The molecular weight excluding hydrogens is 258 g/mol. The van der Waals surface area contributed by atoms with Crippen molar-refractivity contribution in [3.05, 3.63) is 34.4 Å². The summed E-state index contributed by atoms with van der Waals surface area (Å²) in [5, 5.41) is 16.6. The second kappa shape index (κ2) is 8.14. The Bertz CT molecular complexity index is 463. The molecule has 1 atom stereocenters. The molecule has 0 radical (unpaired) electrons. The number of carbonyl (C=O) groups excluding carboxylic acids is 1. The van der Waals surface area contributed by atoms with E-state index < -0.39 is 4.92 Å². The van der Waals surface area contributed by atoms with Gasteiger partial charge in [-0.05, 0) is 12.5 Å². The summed E-state index contributed by atoms with van der Waals surface area (Å²) in [6, 6.07) is 6.46. The topological polar surface area (TPSA) is 84.3 Å². The van der Waals surface area contributed by atoms with Crippen molar-refractivity contribution >= 4 is 17.3 Å². The molecule has 1 amide bonds. The minimum Gasteiger partial charge on any atom is -0.378 e. The monoisotopic (exact) mass is 279 g/mol. The molecule has 0 aliphatic heterocycles. The Hall–Kier alpha value is -2.11.